The maximum atomic E-state index is 13.5. The SMILES string of the molecule is CCCCN(C(=O)c1ccccc1Cl)c1nnc(-c2ccc(OCC=O)c(C(F)(F)F)c2)s1. The van der Waals surface area contributed by atoms with Gasteiger partial charge in [0, 0.05) is 12.1 Å². The number of hydrogen-bond donors (Lipinski definition) is 0. The van der Waals surface area contributed by atoms with Crippen molar-refractivity contribution in [2.45, 2.75) is 25.9 Å². The number of hydrogen-bond acceptors (Lipinski definition) is 6. The van der Waals surface area contributed by atoms with E-state index in [9.17, 15) is 22.8 Å². The second-order valence-corrected chi connectivity index (χ2v) is 8.23. The van der Waals surface area contributed by atoms with Crippen molar-refractivity contribution < 1.29 is 27.5 Å². The first kappa shape index (κ1) is 24.7. The lowest BCUT2D eigenvalue weighted by molar-refractivity contribution is -0.139. The van der Waals surface area contributed by atoms with Crippen molar-refractivity contribution in [1.82, 2.24) is 10.2 Å². The number of halogens is 4. The Morgan fingerprint density at radius 3 is 2.64 bits per heavy atom. The van der Waals surface area contributed by atoms with Gasteiger partial charge in [-0.15, -0.1) is 10.2 Å². The number of alkyl halides is 3. The number of anilines is 1. The number of ether oxygens (including phenoxy) is 1. The van der Waals surface area contributed by atoms with Crippen LogP contribution in [-0.2, 0) is 11.0 Å². The van der Waals surface area contributed by atoms with Gasteiger partial charge in [-0.1, -0.05) is 48.4 Å². The van der Waals surface area contributed by atoms with Crippen molar-refractivity contribution >= 4 is 40.3 Å². The highest BCUT2D eigenvalue weighted by Crippen LogP contribution is 2.40. The van der Waals surface area contributed by atoms with Crippen LogP contribution in [-0.4, -0.2) is 35.5 Å². The van der Waals surface area contributed by atoms with Gasteiger partial charge in [0.15, 0.2) is 6.29 Å². The molecule has 1 heterocycles. The Labute approximate surface area is 197 Å². The van der Waals surface area contributed by atoms with Gasteiger partial charge in [-0.3, -0.25) is 14.5 Å². The first-order valence-electron chi connectivity index (χ1n) is 9.94. The average molecular weight is 498 g/mol. The number of aromatic nitrogens is 2. The summed E-state index contributed by atoms with van der Waals surface area (Å²) in [6.45, 7) is 1.82. The summed E-state index contributed by atoms with van der Waals surface area (Å²) in [5.74, 6) is -0.827. The molecule has 6 nitrogen and oxygen atoms in total. The molecular weight excluding hydrogens is 479 g/mol. The molecule has 1 amide bonds. The summed E-state index contributed by atoms with van der Waals surface area (Å²) in [5, 5.41) is 8.80. The third-order valence-electron chi connectivity index (χ3n) is 4.57. The molecule has 0 saturated carbocycles. The van der Waals surface area contributed by atoms with Crippen LogP contribution in [0.4, 0.5) is 18.3 Å². The van der Waals surface area contributed by atoms with E-state index in [1.54, 1.807) is 24.3 Å². The maximum Gasteiger partial charge on any atom is 0.419 e. The lowest BCUT2D eigenvalue weighted by Gasteiger charge is -2.19. The molecule has 0 aliphatic rings. The van der Waals surface area contributed by atoms with Crippen LogP contribution in [0.25, 0.3) is 10.6 Å². The molecule has 0 spiro atoms. The normalized spacial score (nSPS) is 11.3. The molecule has 0 atom stereocenters. The monoisotopic (exact) mass is 497 g/mol. The number of amides is 1. The number of nitrogens with zero attached hydrogens (tertiary/aromatic N) is 3. The zero-order valence-electron chi connectivity index (χ0n) is 17.4. The molecule has 0 unspecified atom stereocenters. The van der Waals surface area contributed by atoms with Gasteiger partial charge >= 0.3 is 6.18 Å². The largest absolute Gasteiger partial charge is 0.486 e. The van der Waals surface area contributed by atoms with E-state index in [4.69, 9.17) is 16.3 Å². The average Bonchev–Trinajstić information content (AvgIpc) is 3.27. The zero-order chi connectivity index (χ0) is 24.0. The molecule has 33 heavy (non-hydrogen) atoms. The van der Waals surface area contributed by atoms with Crippen LogP contribution in [0, 0.1) is 0 Å². The second-order valence-electron chi connectivity index (χ2n) is 6.87. The fraction of sp³-hybridized carbons (Fsp3) is 0.273. The molecule has 0 bridgehead atoms. The Morgan fingerprint density at radius 2 is 1.97 bits per heavy atom. The van der Waals surface area contributed by atoms with E-state index in [-0.39, 0.29) is 26.6 Å². The summed E-state index contributed by atoms with van der Waals surface area (Å²) < 4.78 is 45.4. The van der Waals surface area contributed by atoms with Crippen molar-refractivity contribution in [3.63, 3.8) is 0 Å². The summed E-state index contributed by atoms with van der Waals surface area (Å²) in [6, 6.07) is 10.0. The molecule has 0 N–H and O–H groups in total. The maximum absolute atomic E-state index is 13.5. The molecule has 0 radical (unpaired) electrons. The second kappa shape index (κ2) is 10.8. The van der Waals surface area contributed by atoms with Crippen molar-refractivity contribution in [3.8, 4) is 16.3 Å². The lowest BCUT2D eigenvalue weighted by Crippen LogP contribution is -2.32. The summed E-state index contributed by atoms with van der Waals surface area (Å²) in [5.41, 5.74) is -0.582. The van der Waals surface area contributed by atoms with Gasteiger partial charge in [-0.25, -0.2) is 0 Å². The smallest absolute Gasteiger partial charge is 0.419 e. The summed E-state index contributed by atoms with van der Waals surface area (Å²) in [7, 11) is 0. The van der Waals surface area contributed by atoms with Gasteiger partial charge < -0.3 is 4.74 Å². The highest BCUT2D eigenvalue weighted by molar-refractivity contribution is 7.18. The summed E-state index contributed by atoms with van der Waals surface area (Å²) in [6.07, 6.45) is -2.83. The number of aldehydes is 1. The topological polar surface area (TPSA) is 72.4 Å². The molecule has 11 heteroatoms. The lowest BCUT2D eigenvalue weighted by atomic mass is 10.1. The van der Waals surface area contributed by atoms with Crippen molar-refractivity contribution in [2.75, 3.05) is 18.1 Å². The van der Waals surface area contributed by atoms with E-state index < -0.39 is 24.1 Å². The minimum absolute atomic E-state index is 0.158. The Kier molecular flexibility index (Phi) is 8.04. The number of carbonyl (C=O) groups is 2. The van der Waals surface area contributed by atoms with Crippen molar-refractivity contribution in [1.29, 1.82) is 0 Å². The van der Waals surface area contributed by atoms with Crippen molar-refractivity contribution in [3.05, 3.63) is 58.6 Å². The molecule has 1 aromatic heterocycles. The fourth-order valence-corrected chi connectivity index (χ4v) is 4.04. The molecule has 2 aromatic carbocycles. The van der Waals surface area contributed by atoms with E-state index >= 15 is 0 Å². The van der Waals surface area contributed by atoms with Crippen LogP contribution in [0.1, 0.15) is 35.7 Å². The van der Waals surface area contributed by atoms with E-state index in [1.165, 1.54) is 11.0 Å². The van der Waals surface area contributed by atoms with Crippen LogP contribution in [0.3, 0.4) is 0 Å². The molecule has 3 rings (SSSR count). The molecule has 0 fully saturated rings. The van der Waals surface area contributed by atoms with Gasteiger partial charge in [0.05, 0.1) is 16.1 Å². The predicted molar refractivity (Wildman–Crippen MR) is 120 cm³/mol. The Balaban J connectivity index is 1.97. The van der Waals surface area contributed by atoms with Crippen LogP contribution in [0.15, 0.2) is 42.5 Å². The zero-order valence-corrected chi connectivity index (χ0v) is 19.0. The van der Waals surface area contributed by atoms with Crippen LogP contribution in [0.5, 0.6) is 5.75 Å². The first-order valence-corrected chi connectivity index (χ1v) is 11.1. The minimum atomic E-state index is -4.70. The third kappa shape index (κ3) is 5.88. The van der Waals surface area contributed by atoms with Crippen LogP contribution in [0.2, 0.25) is 5.02 Å². The summed E-state index contributed by atoms with van der Waals surface area (Å²) >= 11 is 7.17. The number of rotatable bonds is 9. The van der Waals surface area contributed by atoms with Gasteiger partial charge in [-0.2, -0.15) is 13.2 Å². The van der Waals surface area contributed by atoms with E-state index in [0.29, 0.717) is 24.8 Å². The van der Waals surface area contributed by atoms with E-state index in [0.717, 1.165) is 29.9 Å². The quantitative estimate of drug-likeness (QED) is 0.344. The Bertz CT molecular complexity index is 1140. The number of carbonyl (C=O) groups excluding carboxylic acids is 2. The van der Waals surface area contributed by atoms with Crippen LogP contribution < -0.4 is 9.64 Å². The van der Waals surface area contributed by atoms with Crippen LogP contribution >= 0.6 is 22.9 Å². The van der Waals surface area contributed by atoms with Gasteiger partial charge in [0.1, 0.15) is 17.4 Å². The molecule has 174 valence electrons. The fourth-order valence-electron chi connectivity index (χ4n) is 2.96. The Hall–Kier alpha value is -2.98. The van der Waals surface area contributed by atoms with Gasteiger partial charge in [-0.05, 0) is 36.8 Å². The predicted octanol–water partition coefficient (Wildman–Crippen LogP) is 5.90. The van der Waals surface area contributed by atoms with Crippen molar-refractivity contribution in [2.24, 2.45) is 0 Å². The first-order chi connectivity index (χ1) is 15.8. The van der Waals surface area contributed by atoms with Gasteiger partial charge in [0.25, 0.3) is 5.91 Å². The third-order valence-corrected chi connectivity index (χ3v) is 5.89. The summed E-state index contributed by atoms with van der Waals surface area (Å²) in [4.78, 5) is 25.0. The number of benzene rings is 2. The van der Waals surface area contributed by atoms with E-state index in [1.807, 2.05) is 6.92 Å². The standard InChI is InChI=1S/C22H19ClF3N3O3S/c1-2-3-10-29(20(31)15-6-4-5-7-17(15)23)21-28-27-19(33-21)14-8-9-18(32-12-11-30)16(13-14)22(24,25)26/h4-9,11,13H,2-3,10,12H2,1H3. The molecule has 0 saturated heterocycles. The van der Waals surface area contributed by atoms with E-state index in [2.05, 4.69) is 10.2 Å². The Morgan fingerprint density at radius 1 is 1.21 bits per heavy atom. The van der Waals surface area contributed by atoms with Gasteiger partial charge in [0.2, 0.25) is 5.13 Å². The molecule has 0 aliphatic carbocycles. The molecular formula is C22H19ClF3N3O3S. The minimum Gasteiger partial charge on any atom is -0.486 e. The number of unbranched alkanes of at least 4 members (excludes halogenated alkanes) is 1. The highest BCUT2D eigenvalue weighted by Gasteiger charge is 2.35. The molecule has 0 aliphatic heterocycles. The highest BCUT2D eigenvalue weighted by atomic mass is 35.5. The molecule has 3 aromatic rings.